The highest BCUT2D eigenvalue weighted by Gasteiger charge is 2.51. The number of hydrogen-bond donors (Lipinski definition) is 1. The van der Waals surface area contributed by atoms with Gasteiger partial charge in [0.05, 0.1) is 10.8 Å². The van der Waals surface area contributed by atoms with Gasteiger partial charge in [0.25, 0.3) is 0 Å². The van der Waals surface area contributed by atoms with Gasteiger partial charge in [-0.05, 0) is 68.2 Å². The van der Waals surface area contributed by atoms with Crippen molar-refractivity contribution in [2.45, 2.75) is 105 Å². The third-order valence-electron chi connectivity index (χ3n) is 4.66. The first-order chi connectivity index (χ1) is 12.2. The first kappa shape index (κ1) is 26.7. The summed E-state index contributed by atoms with van der Waals surface area (Å²) in [7, 11) is 0. The monoisotopic (exact) mass is 412 g/mol. The van der Waals surface area contributed by atoms with Crippen molar-refractivity contribution in [3.05, 3.63) is 0 Å². The van der Waals surface area contributed by atoms with Crippen LogP contribution in [0.2, 0.25) is 0 Å². The van der Waals surface area contributed by atoms with Crippen LogP contribution < -0.4 is 0 Å². The van der Waals surface area contributed by atoms with Crippen molar-refractivity contribution in [1.82, 2.24) is 0 Å². The molecule has 28 heavy (non-hydrogen) atoms. The van der Waals surface area contributed by atoms with Crippen LogP contribution in [0, 0.1) is 10.8 Å². The molecule has 0 rings (SSSR count). The standard InChI is InChI=1S/C20H35F3O5/c1-10-18(8,15(25)28-16(3,4)5)12-17(6,7)14(24)27-13(2)11-19(9,26)20(21,22)23/h13,26H,10-12H2,1-9H3. The Morgan fingerprint density at radius 1 is 0.964 bits per heavy atom. The molecule has 0 fully saturated rings. The van der Waals surface area contributed by atoms with E-state index in [1.165, 1.54) is 6.92 Å². The molecule has 166 valence electrons. The average Bonchev–Trinajstić information content (AvgIpc) is 2.42. The molecule has 0 aliphatic heterocycles. The molecule has 0 saturated carbocycles. The second-order valence-corrected chi connectivity index (χ2v) is 9.67. The Labute approximate surface area is 166 Å². The fourth-order valence-electron chi connectivity index (χ4n) is 2.85. The molecule has 5 nitrogen and oxygen atoms in total. The van der Waals surface area contributed by atoms with E-state index in [2.05, 4.69) is 0 Å². The number of carbonyl (C=O) groups excluding carboxylic acids is 2. The second kappa shape index (κ2) is 8.59. The molecule has 0 radical (unpaired) electrons. The predicted molar refractivity (Wildman–Crippen MR) is 99.5 cm³/mol. The molecule has 0 bridgehead atoms. The van der Waals surface area contributed by atoms with Crippen LogP contribution in [0.1, 0.15) is 81.6 Å². The van der Waals surface area contributed by atoms with E-state index in [1.54, 1.807) is 48.5 Å². The van der Waals surface area contributed by atoms with Gasteiger partial charge in [-0.1, -0.05) is 6.92 Å². The van der Waals surface area contributed by atoms with Gasteiger partial charge < -0.3 is 14.6 Å². The number of alkyl halides is 3. The fourth-order valence-corrected chi connectivity index (χ4v) is 2.85. The van der Waals surface area contributed by atoms with Crippen molar-refractivity contribution in [1.29, 1.82) is 0 Å². The molecule has 8 heteroatoms. The molecule has 0 amide bonds. The lowest BCUT2D eigenvalue weighted by Gasteiger charge is -2.36. The summed E-state index contributed by atoms with van der Waals surface area (Å²) in [6.07, 6.45) is -6.25. The Hall–Kier alpha value is -1.31. The summed E-state index contributed by atoms with van der Waals surface area (Å²) in [4.78, 5) is 25.2. The van der Waals surface area contributed by atoms with Gasteiger partial charge in [-0.3, -0.25) is 9.59 Å². The summed E-state index contributed by atoms with van der Waals surface area (Å²) in [5.74, 6) is -1.18. The van der Waals surface area contributed by atoms with E-state index in [-0.39, 0.29) is 6.42 Å². The summed E-state index contributed by atoms with van der Waals surface area (Å²) in [5.41, 5.74) is -5.75. The SMILES string of the molecule is CCC(C)(CC(C)(C)C(=O)OC(C)CC(C)(O)C(F)(F)F)C(=O)OC(C)(C)C. The summed E-state index contributed by atoms with van der Waals surface area (Å²) in [5, 5.41) is 9.57. The quantitative estimate of drug-likeness (QED) is 0.580. The largest absolute Gasteiger partial charge is 0.462 e. The number of ether oxygens (including phenoxy) is 2. The molecule has 0 aromatic heterocycles. The van der Waals surface area contributed by atoms with Crippen LogP contribution >= 0.6 is 0 Å². The molecule has 0 aromatic carbocycles. The number of aliphatic hydroxyl groups is 1. The number of carbonyl (C=O) groups is 2. The van der Waals surface area contributed by atoms with Crippen molar-refractivity contribution < 1.29 is 37.3 Å². The Morgan fingerprint density at radius 2 is 1.43 bits per heavy atom. The maximum absolute atomic E-state index is 12.8. The lowest BCUT2D eigenvalue weighted by Crippen LogP contribution is -2.46. The summed E-state index contributed by atoms with van der Waals surface area (Å²) in [6.45, 7) is 13.8. The maximum atomic E-state index is 12.8. The van der Waals surface area contributed by atoms with E-state index in [4.69, 9.17) is 9.47 Å². The van der Waals surface area contributed by atoms with Gasteiger partial charge in [0.15, 0.2) is 5.60 Å². The van der Waals surface area contributed by atoms with Gasteiger partial charge >= 0.3 is 18.1 Å². The van der Waals surface area contributed by atoms with Crippen LogP contribution in [0.4, 0.5) is 13.2 Å². The second-order valence-electron chi connectivity index (χ2n) is 9.67. The zero-order chi connectivity index (χ0) is 22.8. The predicted octanol–water partition coefficient (Wildman–Crippen LogP) is 4.80. The molecular weight excluding hydrogens is 377 g/mol. The molecule has 3 unspecified atom stereocenters. The molecule has 3 atom stereocenters. The van der Waals surface area contributed by atoms with E-state index in [0.29, 0.717) is 13.3 Å². The van der Waals surface area contributed by atoms with E-state index in [9.17, 15) is 27.9 Å². The van der Waals surface area contributed by atoms with Gasteiger partial charge in [0.2, 0.25) is 0 Å². The number of rotatable bonds is 8. The van der Waals surface area contributed by atoms with Gasteiger partial charge in [-0.25, -0.2) is 0 Å². The molecule has 0 heterocycles. The van der Waals surface area contributed by atoms with Crippen LogP contribution in [0.25, 0.3) is 0 Å². The highest BCUT2D eigenvalue weighted by molar-refractivity contribution is 5.80. The van der Waals surface area contributed by atoms with Crippen LogP contribution in [0.3, 0.4) is 0 Å². The number of esters is 2. The Morgan fingerprint density at radius 3 is 1.79 bits per heavy atom. The first-order valence-electron chi connectivity index (χ1n) is 9.40. The van der Waals surface area contributed by atoms with Crippen LogP contribution in [0.15, 0.2) is 0 Å². The lowest BCUT2D eigenvalue weighted by molar-refractivity contribution is -0.261. The smallest absolute Gasteiger partial charge is 0.417 e. The van der Waals surface area contributed by atoms with Crippen molar-refractivity contribution in [3.63, 3.8) is 0 Å². The van der Waals surface area contributed by atoms with Gasteiger partial charge in [-0.15, -0.1) is 0 Å². The van der Waals surface area contributed by atoms with E-state index < -0.39 is 52.7 Å². The van der Waals surface area contributed by atoms with Crippen LogP contribution in [0.5, 0.6) is 0 Å². The lowest BCUT2D eigenvalue weighted by atomic mass is 9.72. The zero-order valence-electron chi connectivity index (χ0n) is 18.4. The average molecular weight is 412 g/mol. The molecule has 0 aromatic rings. The third-order valence-corrected chi connectivity index (χ3v) is 4.66. The van der Waals surface area contributed by atoms with E-state index in [1.807, 2.05) is 0 Å². The van der Waals surface area contributed by atoms with E-state index in [0.717, 1.165) is 0 Å². The van der Waals surface area contributed by atoms with Gasteiger partial charge in [0, 0.05) is 6.42 Å². The molecule has 0 saturated heterocycles. The van der Waals surface area contributed by atoms with E-state index >= 15 is 0 Å². The Balaban J connectivity index is 5.22. The minimum atomic E-state index is -4.83. The Bertz CT molecular complexity index is 561. The fraction of sp³-hybridized carbons (Fsp3) is 0.900. The van der Waals surface area contributed by atoms with Gasteiger partial charge in [0.1, 0.15) is 11.7 Å². The van der Waals surface area contributed by atoms with Crippen molar-refractivity contribution >= 4 is 11.9 Å². The van der Waals surface area contributed by atoms with Crippen molar-refractivity contribution in [3.8, 4) is 0 Å². The van der Waals surface area contributed by atoms with Crippen molar-refractivity contribution in [2.75, 3.05) is 0 Å². The topological polar surface area (TPSA) is 72.8 Å². The summed E-state index contributed by atoms with van der Waals surface area (Å²) < 4.78 is 49.1. The van der Waals surface area contributed by atoms with Crippen LogP contribution in [-0.4, -0.2) is 40.5 Å². The third kappa shape index (κ3) is 7.60. The molecule has 0 spiro atoms. The van der Waals surface area contributed by atoms with Crippen LogP contribution in [-0.2, 0) is 19.1 Å². The minimum Gasteiger partial charge on any atom is -0.462 e. The zero-order valence-corrected chi connectivity index (χ0v) is 18.4. The normalized spacial score (nSPS) is 18.6. The summed E-state index contributed by atoms with van der Waals surface area (Å²) in [6, 6.07) is 0. The molecular formula is C20H35F3O5. The first-order valence-corrected chi connectivity index (χ1v) is 9.40. The maximum Gasteiger partial charge on any atom is 0.417 e. The van der Waals surface area contributed by atoms with Gasteiger partial charge in [-0.2, -0.15) is 13.2 Å². The number of hydrogen-bond acceptors (Lipinski definition) is 5. The highest BCUT2D eigenvalue weighted by Crippen LogP contribution is 2.40. The molecule has 0 aliphatic carbocycles. The number of halogens is 3. The molecule has 0 aliphatic rings. The summed E-state index contributed by atoms with van der Waals surface area (Å²) >= 11 is 0. The van der Waals surface area contributed by atoms with Crippen molar-refractivity contribution in [2.24, 2.45) is 10.8 Å². The highest BCUT2D eigenvalue weighted by atomic mass is 19.4. The molecule has 1 N–H and O–H groups in total. The Kier molecular flexibility index (Phi) is 8.19. The minimum absolute atomic E-state index is 0.104.